The van der Waals surface area contributed by atoms with Crippen LogP contribution in [0.25, 0.3) is 0 Å². The van der Waals surface area contributed by atoms with E-state index in [0.717, 1.165) is 11.3 Å². The van der Waals surface area contributed by atoms with E-state index < -0.39 is 0 Å². The molecule has 1 heterocycles. The number of rotatable bonds is 1. The van der Waals surface area contributed by atoms with E-state index in [1.54, 1.807) is 0 Å². The summed E-state index contributed by atoms with van der Waals surface area (Å²) in [4.78, 5) is 0. The first kappa shape index (κ1) is 7.37. The van der Waals surface area contributed by atoms with Crippen LogP contribution in [0.3, 0.4) is 0 Å². The molecule has 3 unspecified atom stereocenters. The summed E-state index contributed by atoms with van der Waals surface area (Å²) >= 11 is 0. The molecular formula is C11H18O. The Hall–Kier alpha value is -0.0400. The van der Waals surface area contributed by atoms with Crippen LogP contribution < -0.4 is 0 Å². The number of hydrogen-bond acceptors (Lipinski definition) is 1. The second-order valence-electron chi connectivity index (χ2n) is 5.54. The second kappa shape index (κ2) is 1.89. The predicted molar refractivity (Wildman–Crippen MR) is 48.0 cm³/mol. The molecule has 0 bridgehead atoms. The lowest BCUT2D eigenvalue weighted by atomic mass is 9.75. The number of epoxide rings is 1. The fourth-order valence-electron chi connectivity index (χ4n) is 2.88. The van der Waals surface area contributed by atoms with Crippen molar-refractivity contribution in [3.63, 3.8) is 0 Å². The molecule has 1 aliphatic heterocycles. The van der Waals surface area contributed by atoms with Gasteiger partial charge < -0.3 is 4.74 Å². The van der Waals surface area contributed by atoms with Crippen LogP contribution in [0.2, 0.25) is 0 Å². The van der Waals surface area contributed by atoms with Crippen molar-refractivity contribution < 1.29 is 4.74 Å². The van der Waals surface area contributed by atoms with Gasteiger partial charge in [0.1, 0.15) is 0 Å². The smallest absolute Gasteiger partial charge is 0.0920 e. The summed E-state index contributed by atoms with van der Waals surface area (Å²) in [5, 5.41) is 0. The molecule has 68 valence electrons. The highest BCUT2D eigenvalue weighted by Gasteiger charge is 2.59. The average molecular weight is 166 g/mol. The lowest BCUT2D eigenvalue weighted by Crippen LogP contribution is -2.25. The number of ether oxygens (including phenoxy) is 1. The first-order valence-electron chi connectivity index (χ1n) is 5.30. The Bertz CT molecular complexity index is 219. The molecule has 0 N–H and O–H groups in total. The zero-order valence-corrected chi connectivity index (χ0v) is 8.10. The molecule has 1 heteroatoms. The van der Waals surface area contributed by atoms with Crippen LogP contribution in [0, 0.1) is 11.3 Å². The van der Waals surface area contributed by atoms with Gasteiger partial charge in [0.2, 0.25) is 0 Å². The molecule has 12 heavy (non-hydrogen) atoms. The molecule has 2 aliphatic carbocycles. The zero-order chi connectivity index (χ0) is 8.40. The Balaban J connectivity index is 1.70. The van der Waals surface area contributed by atoms with Gasteiger partial charge in [-0.25, -0.2) is 0 Å². The Morgan fingerprint density at radius 3 is 2.50 bits per heavy atom. The van der Waals surface area contributed by atoms with Gasteiger partial charge in [-0.1, -0.05) is 6.92 Å². The lowest BCUT2D eigenvalue weighted by molar-refractivity contribution is 0.246. The molecule has 0 radical (unpaired) electrons. The Labute approximate surface area is 74.5 Å². The summed E-state index contributed by atoms with van der Waals surface area (Å²) in [7, 11) is 0. The van der Waals surface area contributed by atoms with Crippen LogP contribution in [0.15, 0.2) is 0 Å². The maximum absolute atomic E-state index is 5.72. The molecule has 1 saturated heterocycles. The maximum Gasteiger partial charge on any atom is 0.0920 e. The third-order valence-corrected chi connectivity index (χ3v) is 4.55. The predicted octanol–water partition coefficient (Wildman–Crippen LogP) is 2.74. The van der Waals surface area contributed by atoms with Gasteiger partial charge in [0.25, 0.3) is 0 Å². The number of fused-ring (bicyclic) bond motifs is 1. The van der Waals surface area contributed by atoms with Crippen molar-refractivity contribution in [1.29, 1.82) is 0 Å². The van der Waals surface area contributed by atoms with Gasteiger partial charge in [-0.15, -0.1) is 0 Å². The molecule has 0 aromatic heterocycles. The molecule has 0 aromatic rings. The Morgan fingerprint density at radius 1 is 1.17 bits per heavy atom. The first-order valence-corrected chi connectivity index (χ1v) is 5.30. The second-order valence-corrected chi connectivity index (χ2v) is 5.54. The van der Waals surface area contributed by atoms with E-state index in [2.05, 4.69) is 13.8 Å². The van der Waals surface area contributed by atoms with Gasteiger partial charge in [-0.3, -0.25) is 0 Å². The highest BCUT2D eigenvalue weighted by molar-refractivity contribution is 5.08. The summed E-state index contributed by atoms with van der Waals surface area (Å²) in [6, 6.07) is 0. The molecule has 0 spiro atoms. The minimum atomic E-state index is 0.321. The fourth-order valence-corrected chi connectivity index (χ4v) is 2.88. The fraction of sp³-hybridized carbons (Fsp3) is 1.00. The summed E-state index contributed by atoms with van der Waals surface area (Å²) in [6.45, 7) is 4.74. The third-order valence-electron chi connectivity index (χ3n) is 4.55. The zero-order valence-electron chi connectivity index (χ0n) is 8.10. The topological polar surface area (TPSA) is 12.5 Å². The van der Waals surface area contributed by atoms with E-state index in [4.69, 9.17) is 4.74 Å². The van der Waals surface area contributed by atoms with E-state index in [1.807, 2.05) is 0 Å². The van der Waals surface area contributed by atoms with Gasteiger partial charge in [0.15, 0.2) is 0 Å². The van der Waals surface area contributed by atoms with Gasteiger partial charge in [0, 0.05) is 0 Å². The Morgan fingerprint density at radius 2 is 1.92 bits per heavy atom. The highest BCUT2D eigenvalue weighted by Crippen LogP contribution is 2.60. The minimum absolute atomic E-state index is 0.321. The van der Waals surface area contributed by atoms with Crippen molar-refractivity contribution in [3.8, 4) is 0 Å². The van der Waals surface area contributed by atoms with Crippen molar-refractivity contribution in [2.45, 2.75) is 57.7 Å². The van der Waals surface area contributed by atoms with Crippen LogP contribution in [0.1, 0.15) is 46.0 Å². The minimum Gasteiger partial charge on any atom is -0.366 e. The monoisotopic (exact) mass is 166 g/mol. The van der Waals surface area contributed by atoms with Gasteiger partial charge in [-0.05, 0) is 50.4 Å². The standard InChI is InChI=1S/C11H18O/c1-10(5-6-10)8-3-4-11(2)9(7-8)12-11/h8-9H,3-7H2,1-2H3. The molecular weight excluding hydrogens is 148 g/mol. The first-order chi connectivity index (χ1) is 5.62. The number of hydrogen-bond donors (Lipinski definition) is 0. The van der Waals surface area contributed by atoms with E-state index in [1.165, 1.54) is 32.1 Å². The molecule has 3 aliphatic rings. The van der Waals surface area contributed by atoms with Crippen molar-refractivity contribution in [3.05, 3.63) is 0 Å². The van der Waals surface area contributed by atoms with Crippen molar-refractivity contribution in [1.82, 2.24) is 0 Å². The normalized spacial score (nSPS) is 54.5. The maximum atomic E-state index is 5.72. The summed E-state index contributed by atoms with van der Waals surface area (Å²) in [6.07, 6.45) is 7.67. The largest absolute Gasteiger partial charge is 0.366 e. The van der Waals surface area contributed by atoms with Crippen LogP contribution in [-0.2, 0) is 4.74 Å². The van der Waals surface area contributed by atoms with Gasteiger partial charge >= 0.3 is 0 Å². The molecule has 3 rings (SSSR count). The van der Waals surface area contributed by atoms with Crippen LogP contribution in [0.4, 0.5) is 0 Å². The highest BCUT2D eigenvalue weighted by atomic mass is 16.6. The van der Waals surface area contributed by atoms with Crippen LogP contribution >= 0.6 is 0 Å². The van der Waals surface area contributed by atoms with E-state index in [9.17, 15) is 0 Å². The van der Waals surface area contributed by atoms with Crippen molar-refractivity contribution >= 4 is 0 Å². The molecule has 0 amide bonds. The quantitative estimate of drug-likeness (QED) is 0.546. The molecule has 0 aromatic carbocycles. The van der Waals surface area contributed by atoms with Gasteiger partial charge in [0.05, 0.1) is 11.7 Å². The van der Waals surface area contributed by atoms with Crippen molar-refractivity contribution in [2.24, 2.45) is 11.3 Å². The summed E-state index contributed by atoms with van der Waals surface area (Å²) in [5.74, 6) is 0.984. The Kier molecular flexibility index (Phi) is 1.16. The molecule has 1 nitrogen and oxygen atoms in total. The van der Waals surface area contributed by atoms with Crippen LogP contribution in [-0.4, -0.2) is 11.7 Å². The summed E-state index contributed by atoms with van der Waals surface area (Å²) in [5.41, 5.74) is 1.05. The third kappa shape index (κ3) is 0.891. The average Bonchev–Trinajstić information content (AvgIpc) is 2.86. The molecule has 2 saturated carbocycles. The lowest BCUT2D eigenvalue weighted by Gasteiger charge is -2.27. The van der Waals surface area contributed by atoms with Crippen molar-refractivity contribution in [2.75, 3.05) is 0 Å². The van der Waals surface area contributed by atoms with E-state index in [-0.39, 0.29) is 0 Å². The molecule has 3 atom stereocenters. The van der Waals surface area contributed by atoms with Crippen LogP contribution in [0.5, 0.6) is 0 Å². The SMILES string of the molecule is CC1(C2CCC3(C)OC3C2)CC1. The van der Waals surface area contributed by atoms with E-state index >= 15 is 0 Å². The summed E-state index contributed by atoms with van der Waals surface area (Å²) < 4.78 is 5.72. The van der Waals surface area contributed by atoms with Gasteiger partial charge in [-0.2, -0.15) is 0 Å². The van der Waals surface area contributed by atoms with E-state index in [0.29, 0.717) is 11.7 Å². The molecule has 3 fully saturated rings.